The maximum atomic E-state index is 12.3. The molecule has 0 radical (unpaired) electrons. The highest BCUT2D eigenvalue weighted by atomic mass is 32.1. The minimum Gasteiger partial charge on any atom is -0.348 e. The highest BCUT2D eigenvalue weighted by Gasteiger charge is 2.26. The number of nitrogens with one attached hydrogen (secondary N) is 1. The van der Waals surface area contributed by atoms with Crippen LogP contribution in [0.4, 0.5) is 10.3 Å². The van der Waals surface area contributed by atoms with Gasteiger partial charge in [-0.2, -0.15) is 0 Å². The van der Waals surface area contributed by atoms with Gasteiger partial charge in [0.25, 0.3) is 0 Å². The molecule has 3 heterocycles. The predicted octanol–water partition coefficient (Wildman–Crippen LogP) is 3.61. The third-order valence-corrected chi connectivity index (χ3v) is 5.87. The Morgan fingerprint density at radius 2 is 2.09 bits per heavy atom. The lowest BCUT2D eigenvalue weighted by atomic mass is 9.96. The first-order valence-electron chi connectivity index (χ1n) is 7.60. The maximum absolute atomic E-state index is 12.3. The zero-order valence-electron chi connectivity index (χ0n) is 12.4. The summed E-state index contributed by atoms with van der Waals surface area (Å²) < 4.78 is 1.21. The summed E-state index contributed by atoms with van der Waals surface area (Å²) in [6.45, 7) is 1.74. The van der Waals surface area contributed by atoms with Crippen molar-refractivity contribution >= 4 is 49.1 Å². The van der Waals surface area contributed by atoms with Gasteiger partial charge in [0, 0.05) is 30.6 Å². The number of hydrogen-bond acceptors (Lipinski definition) is 6. The standard InChI is InChI=1S/C16H16N4OS2/c21-14(19-15-17-7-10-22-15)11-5-8-20(9-6-11)16-18-12-3-1-2-4-13(12)23-16/h1-4,7,10-11H,5-6,8-9H2,(H,17,19,21). The van der Waals surface area contributed by atoms with Crippen molar-refractivity contribution in [2.45, 2.75) is 12.8 Å². The van der Waals surface area contributed by atoms with Crippen LogP contribution in [0.5, 0.6) is 0 Å². The van der Waals surface area contributed by atoms with Crippen LogP contribution < -0.4 is 10.2 Å². The van der Waals surface area contributed by atoms with E-state index in [1.807, 2.05) is 23.6 Å². The van der Waals surface area contributed by atoms with E-state index in [2.05, 4.69) is 21.3 Å². The minimum absolute atomic E-state index is 0.0597. The van der Waals surface area contributed by atoms with E-state index in [-0.39, 0.29) is 11.8 Å². The lowest BCUT2D eigenvalue weighted by molar-refractivity contribution is -0.120. The summed E-state index contributed by atoms with van der Waals surface area (Å²) in [6, 6.07) is 8.20. The molecule has 1 aliphatic heterocycles. The smallest absolute Gasteiger partial charge is 0.229 e. The van der Waals surface area contributed by atoms with E-state index in [0.717, 1.165) is 36.6 Å². The molecule has 0 saturated carbocycles. The maximum Gasteiger partial charge on any atom is 0.229 e. The molecule has 1 fully saturated rings. The number of hydrogen-bond donors (Lipinski definition) is 1. The molecule has 23 heavy (non-hydrogen) atoms. The molecule has 1 N–H and O–H groups in total. The Balaban J connectivity index is 1.39. The fourth-order valence-corrected chi connectivity index (χ4v) is 4.37. The average Bonchev–Trinajstić information content (AvgIpc) is 3.24. The molecule has 3 aromatic rings. The van der Waals surface area contributed by atoms with Gasteiger partial charge in [-0.1, -0.05) is 23.5 Å². The van der Waals surface area contributed by atoms with Crippen molar-refractivity contribution in [3.8, 4) is 0 Å². The summed E-state index contributed by atoms with van der Waals surface area (Å²) in [4.78, 5) is 23.4. The highest BCUT2D eigenvalue weighted by Crippen LogP contribution is 2.31. The summed E-state index contributed by atoms with van der Waals surface area (Å²) in [5.74, 6) is 0.147. The lowest BCUT2D eigenvalue weighted by Crippen LogP contribution is -2.38. The van der Waals surface area contributed by atoms with Gasteiger partial charge in [-0.15, -0.1) is 11.3 Å². The lowest BCUT2D eigenvalue weighted by Gasteiger charge is -2.30. The molecular weight excluding hydrogens is 328 g/mol. The average molecular weight is 344 g/mol. The summed E-state index contributed by atoms with van der Waals surface area (Å²) in [6.07, 6.45) is 3.41. The topological polar surface area (TPSA) is 58.1 Å². The minimum atomic E-state index is 0.0597. The van der Waals surface area contributed by atoms with Gasteiger partial charge in [0.2, 0.25) is 5.91 Å². The molecule has 1 aromatic carbocycles. The van der Waals surface area contributed by atoms with Crippen LogP contribution in [-0.2, 0) is 4.79 Å². The first-order valence-corrected chi connectivity index (χ1v) is 9.30. The van der Waals surface area contributed by atoms with Crippen molar-refractivity contribution in [1.29, 1.82) is 0 Å². The Labute approximate surface area is 142 Å². The van der Waals surface area contributed by atoms with Crippen LogP contribution >= 0.6 is 22.7 Å². The molecule has 2 aromatic heterocycles. The van der Waals surface area contributed by atoms with Crippen molar-refractivity contribution in [2.75, 3.05) is 23.3 Å². The zero-order valence-corrected chi connectivity index (χ0v) is 14.1. The number of thiazole rings is 2. The zero-order chi connectivity index (χ0) is 15.6. The van der Waals surface area contributed by atoms with E-state index in [4.69, 9.17) is 4.98 Å². The molecule has 0 bridgehead atoms. The third-order valence-electron chi connectivity index (χ3n) is 4.08. The number of benzene rings is 1. The summed E-state index contributed by atoms with van der Waals surface area (Å²) in [5, 5.41) is 6.52. The second-order valence-corrected chi connectivity index (χ2v) is 7.46. The van der Waals surface area contributed by atoms with Gasteiger partial charge >= 0.3 is 0 Å². The van der Waals surface area contributed by atoms with Crippen molar-refractivity contribution in [3.05, 3.63) is 35.8 Å². The first-order chi connectivity index (χ1) is 11.3. The van der Waals surface area contributed by atoms with E-state index in [0.29, 0.717) is 5.13 Å². The van der Waals surface area contributed by atoms with Gasteiger partial charge in [-0.3, -0.25) is 4.79 Å². The number of fused-ring (bicyclic) bond motifs is 1. The molecule has 0 unspecified atom stereocenters. The second-order valence-electron chi connectivity index (χ2n) is 5.55. The van der Waals surface area contributed by atoms with Crippen molar-refractivity contribution < 1.29 is 4.79 Å². The number of piperidine rings is 1. The van der Waals surface area contributed by atoms with E-state index in [1.54, 1.807) is 17.5 Å². The summed E-state index contributed by atoms with van der Waals surface area (Å²) >= 11 is 3.18. The Morgan fingerprint density at radius 1 is 1.26 bits per heavy atom. The molecular formula is C16H16N4OS2. The largest absolute Gasteiger partial charge is 0.348 e. The third kappa shape index (κ3) is 3.07. The van der Waals surface area contributed by atoms with Gasteiger partial charge in [0.15, 0.2) is 10.3 Å². The molecule has 4 rings (SSSR count). The van der Waals surface area contributed by atoms with Gasteiger partial charge in [0.05, 0.1) is 10.2 Å². The Bertz CT molecular complexity index is 773. The Morgan fingerprint density at radius 3 is 2.83 bits per heavy atom. The molecule has 7 heteroatoms. The number of para-hydroxylation sites is 1. The molecule has 1 aliphatic rings. The van der Waals surface area contributed by atoms with Gasteiger partial charge in [0.1, 0.15) is 0 Å². The quantitative estimate of drug-likeness (QED) is 0.788. The molecule has 5 nitrogen and oxygen atoms in total. The van der Waals surface area contributed by atoms with Crippen LogP contribution in [0.2, 0.25) is 0 Å². The molecule has 0 atom stereocenters. The van der Waals surface area contributed by atoms with Gasteiger partial charge in [-0.25, -0.2) is 9.97 Å². The molecule has 1 amide bonds. The normalized spacial score (nSPS) is 15.9. The van der Waals surface area contributed by atoms with E-state index < -0.39 is 0 Å². The Hall–Kier alpha value is -1.99. The molecule has 118 valence electrons. The van der Waals surface area contributed by atoms with E-state index in [1.165, 1.54) is 16.0 Å². The van der Waals surface area contributed by atoms with E-state index in [9.17, 15) is 4.79 Å². The number of amides is 1. The first kappa shape index (κ1) is 14.6. The predicted molar refractivity (Wildman–Crippen MR) is 95.3 cm³/mol. The van der Waals surface area contributed by atoms with Crippen LogP contribution in [-0.4, -0.2) is 29.0 Å². The van der Waals surface area contributed by atoms with Crippen LogP contribution in [0.25, 0.3) is 10.2 Å². The number of rotatable bonds is 3. The number of anilines is 2. The number of aromatic nitrogens is 2. The van der Waals surface area contributed by atoms with Crippen LogP contribution in [0.3, 0.4) is 0 Å². The number of nitrogens with zero attached hydrogens (tertiary/aromatic N) is 3. The SMILES string of the molecule is O=C(Nc1nccs1)C1CCN(c2nc3ccccc3s2)CC1. The molecule has 0 aliphatic carbocycles. The Kier molecular flexibility index (Phi) is 3.97. The van der Waals surface area contributed by atoms with E-state index >= 15 is 0 Å². The number of carbonyl (C=O) groups is 1. The monoisotopic (exact) mass is 344 g/mol. The fraction of sp³-hybridized carbons (Fsp3) is 0.312. The fourth-order valence-electron chi connectivity index (χ4n) is 2.82. The van der Waals surface area contributed by atoms with Crippen molar-refractivity contribution in [1.82, 2.24) is 9.97 Å². The molecule has 0 spiro atoms. The van der Waals surface area contributed by atoms with Gasteiger partial charge < -0.3 is 10.2 Å². The molecule has 1 saturated heterocycles. The van der Waals surface area contributed by atoms with Crippen LogP contribution in [0.1, 0.15) is 12.8 Å². The second kappa shape index (κ2) is 6.25. The van der Waals surface area contributed by atoms with Crippen LogP contribution in [0.15, 0.2) is 35.8 Å². The van der Waals surface area contributed by atoms with Crippen LogP contribution in [0, 0.1) is 5.92 Å². The summed E-state index contributed by atoms with van der Waals surface area (Å²) in [7, 11) is 0. The van der Waals surface area contributed by atoms with Crippen molar-refractivity contribution in [3.63, 3.8) is 0 Å². The number of carbonyl (C=O) groups excluding carboxylic acids is 1. The summed E-state index contributed by atoms with van der Waals surface area (Å²) in [5.41, 5.74) is 1.05. The van der Waals surface area contributed by atoms with Gasteiger partial charge in [-0.05, 0) is 25.0 Å². The van der Waals surface area contributed by atoms with Crippen molar-refractivity contribution in [2.24, 2.45) is 5.92 Å². The highest BCUT2D eigenvalue weighted by molar-refractivity contribution is 7.22.